The van der Waals surface area contributed by atoms with E-state index in [-0.39, 0.29) is 101 Å². The van der Waals surface area contributed by atoms with Crippen molar-refractivity contribution in [3.05, 3.63) is 134 Å². The molecular weight excluding hydrogens is 1100 g/mol. The van der Waals surface area contributed by atoms with E-state index in [0.717, 1.165) is 5.39 Å². The van der Waals surface area contributed by atoms with Gasteiger partial charge in [0, 0.05) is 60.8 Å². The van der Waals surface area contributed by atoms with Crippen LogP contribution in [0.1, 0.15) is 84.4 Å². The average Bonchev–Trinajstić information content (AvgIpc) is 1.79. The second kappa shape index (κ2) is 27.8. The summed E-state index contributed by atoms with van der Waals surface area (Å²) in [5.41, 5.74) is 13.6. The van der Waals surface area contributed by atoms with Gasteiger partial charge in [0.1, 0.15) is 37.4 Å². The summed E-state index contributed by atoms with van der Waals surface area (Å²) in [6.07, 6.45) is 0.351. The molecule has 0 aliphatic carbocycles. The van der Waals surface area contributed by atoms with E-state index in [4.69, 9.17) is 26.0 Å². The van der Waals surface area contributed by atoms with Gasteiger partial charge in [-0.05, 0) is 48.1 Å². The number of benzene rings is 3. The van der Waals surface area contributed by atoms with Crippen molar-refractivity contribution in [3.8, 4) is 11.4 Å². The number of carbonyl (C=O) groups is 9. The SMILES string of the molecule is CC[C@@]1(O)C(=O)OCc2c1cc1n(c2=O)Cc2c-1nc1ccccc1c2/C=N/OCCNC(=O)CCC(=O)NCc1ccc(C[C@@H]2NC(=O)[C@H](CCCN=C(N)N)NC(=O)CNC(=O)[C@H](CC(=O)O)NC(=O)[C@@H](Cc3ccccc3)NC2=O)cc1. The number of cyclic esters (lactones) is 1. The van der Waals surface area contributed by atoms with E-state index in [1.807, 2.05) is 24.3 Å². The van der Waals surface area contributed by atoms with Gasteiger partial charge in [0.15, 0.2) is 11.6 Å². The van der Waals surface area contributed by atoms with E-state index in [2.05, 4.69) is 47.4 Å². The first-order valence-electron chi connectivity index (χ1n) is 27.5. The predicted octanol–water partition coefficient (Wildman–Crippen LogP) is -0.975. The van der Waals surface area contributed by atoms with Crippen molar-refractivity contribution in [2.24, 2.45) is 21.6 Å². The van der Waals surface area contributed by atoms with Crippen LogP contribution in [0.25, 0.3) is 22.3 Å². The number of hydrogen-bond donors (Lipinski definition) is 11. The van der Waals surface area contributed by atoms with Crippen LogP contribution in [0.2, 0.25) is 0 Å². The highest BCUT2D eigenvalue weighted by molar-refractivity contribution is 6.03. The second-order valence-electron chi connectivity index (χ2n) is 20.4. The summed E-state index contributed by atoms with van der Waals surface area (Å²) in [5.74, 6) is -7.59. The van der Waals surface area contributed by atoms with Gasteiger partial charge in [-0.1, -0.05) is 84.9 Å². The molecule has 3 aliphatic rings. The minimum atomic E-state index is -1.98. The zero-order valence-electron chi connectivity index (χ0n) is 46.3. The van der Waals surface area contributed by atoms with Gasteiger partial charge < -0.3 is 73.0 Å². The minimum absolute atomic E-state index is 0.00398. The van der Waals surface area contributed by atoms with E-state index in [0.29, 0.717) is 44.7 Å². The summed E-state index contributed by atoms with van der Waals surface area (Å²) >= 11 is 0. The number of fused-ring (bicyclic) bond motifs is 5. The Morgan fingerprint density at radius 1 is 0.800 bits per heavy atom. The monoisotopic (exact) mass is 1170 g/mol. The molecule has 85 heavy (non-hydrogen) atoms. The van der Waals surface area contributed by atoms with E-state index in [1.54, 1.807) is 67.6 Å². The number of guanidine groups is 1. The van der Waals surface area contributed by atoms with Gasteiger partial charge in [-0.2, -0.15) is 0 Å². The minimum Gasteiger partial charge on any atom is -0.481 e. The predicted molar refractivity (Wildman–Crippen MR) is 305 cm³/mol. The van der Waals surface area contributed by atoms with Crippen LogP contribution in [0.4, 0.5) is 0 Å². The van der Waals surface area contributed by atoms with Crippen LogP contribution in [-0.4, -0.2) is 136 Å². The number of para-hydroxylation sites is 1. The fourth-order valence-electron chi connectivity index (χ4n) is 10.00. The summed E-state index contributed by atoms with van der Waals surface area (Å²) in [5, 5.41) is 43.9. The fraction of sp³-hybridized carbons (Fsp3) is 0.362. The van der Waals surface area contributed by atoms with Crippen LogP contribution in [0.15, 0.2) is 99.9 Å². The number of nitrogens with one attached hydrogen (secondary N) is 7. The molecule has 27 nitrogen and oxygen atoms in total. The van der Waals surface area contributed by atoms with E-state index < -0.39 is 102 Å². The fourth-order valence-corrected chi connectivity index (χ4v) is 10.00. The first-order valence-corrected chi connectivity index (χ1v) is 27.5. The maximum Gasteiger partial charge on any atom is 0.343 e. The Balaban J connectivity index is 0.857. The molecule has 7 amide bonds. The van der Waals surface area contributed by atoms with Crippen molar-refractivity contribution < 1.29 is 62.9 Å². The molecule has 0 unspecified atom stereocenters. The summed E-state index contributed by atoms with van der Waals surface area (Å²) in [4.78, 5) is 147. The number of rotatable bonds is 21. The molecule has 0 radical (unpaired) electrons. The number of carboxylic acids is 1. The Bertz CT molecular complexity index is 3510. The van der Waals surface area contributed by atoms with Crippen LogP contribution >= 0.6 is 0 Å². The smallest absolute Gasteiger partial charge is 0.343 e. The number of ether oxygens (including phenoxy) is 1. The number of nitrogens with zero attached hydrogens (tertiary/aromatic N) is 4. The molecule has 0 saturated carbocycles. The number of oxime groups is 1. The summed E-state index contributed by atoms with van der Waals surface area (Å²) in [7, 11) is 0. The maximum atomic E-state index is 14.3. The van der Waals surface area contributed by atoms with Crippen LogP contribution in [-0.2, 0) is 90.9 Å². The summed E-state index contributed by atoms with van der Waals surface area (Å²) in [6, 6.07) is 18.6. The highest BCUT2D eigenvalue weighted by atomic mass is 16.6. The van der Waals surface area contributed by atoms with Gasteiger partial charge in [0.2, 0.25) is 41.4 Å². The van der Waals surface area contributed by atoms with Gasteiger partial charge in [-0.15, -0.1) is 0 Å². The summed E-state index contributed by atoms with van der Waals surface area (Å²) in [6.45, 7) is 1.03. The molecule has 0 bridgehead atoms. The van der Waals surface area contributed by atoms with Crippen LogP contribution in [0.3, 0.4) is 0 Å². The lowest BCUT2D eigenvalue weighted by Crippen LogP contribution is -2.58. The maximum absolute atomic E-state index is 14.3. The van der Waals surface area contributed by atoms with E-state index in [1.165, 1.54) is 10.8 Å². The highest BCUT2D eigenvalue weighted by Crippen LogP contribution is 2.40. The first-order chi connectivity index (χ1) is 40.8. The van der Waals surface area contributed by atoms with Crippen molar-refractivity contribution in [2.45, 2.75) is 108 Å². The average molecular weight is 1170 g/mol. The molecule has 3 aromatic carbocycles. The summed E-state index contributed by atoms with van der Waals surface area (Å²) < 4.78 is 6.73. The van der Waals surface area contributed by atoms with Gasteiger partial charge in [-0.3, -0.25) is 48.1 Å². The van der Waals surface area contributed by atoms with Crippen LogP contribution in [0, 0.1) is 0 Å². The third-order valence-corrected chi connectivity index (χ3v) is 14.5. The largest absolute Gasteiger partial charge is 0.481 e. The molecule has 5 heterocycles. The zero-order valence-corrected chi connectivity index (χ0v) is 46.3. The number of aliphatic carboxylic acids is 1. The van der Waals surface area contributed by atoms with Gasteiger partial charge in [-0.25, -0.2) is 9.78 Å². The van der Waals surface area contributed by atoms with E-state index in [9.17, 15) is 58.2 Å². The molecule has 2 aromatic heterocycles. The number of esters is 1. The number of aromatic nitrogens is 2. The van der Waals surface area contributed by atoms with Gasteiger partial charge >= 0.3 is 11.9 Å². The van der Waals surface area contributed by atoms with E-state index >= 15 is 0 Å². The molecule has 13 N–H and O–H groups in total. The Morgan fingerprint density at radius 2 is 1.44 bits per heavy atom. The molecule has 1 saturated heterocycles. The lowest BCUT2D eigenvalue weighted by atomic mass is 9.86. The second-order valence-corrected chi connectivity index (χ2v) is 20.4. The first kappa shape index (κ1) is 61.0. The van der Waals surface area contributed by atoms with Crippen molar-refractivity contribution >= 4 is 76.4 Å². The standard InChI is InChI=1S/C58H65N13O14/c1-2-58(83)39-25-45-50-37(30-71(45)55(81)38(39)31-84-56(58)82)36(35-11-6-7-12-40(35)67-50)28-65-85-22-21-61-46(72)18-19-47(73)63-27-34-16-14-33(15-17-34)24-43-53(79)69-42(23-32-9-4-3-5-10-32)54(80)70-44(26-49(75)76)51(77)64-29-48(74)66-41(52(78)68-43)13-8-20-62-57(59)60/h3-7,9-12,14-17,25,28,41-44,83H,2,8,13,18-24,26-27,29-31H2,1H3,(H,61,72)(H,63,73)(H,64,77)(H,66,74)(H,68,78)(H,69,79)(H,70,80)(H,75,76)(H4,59,60,62)/b65-28+/t41-,42+,43-,44-,58-/m0/s1. The number of pyridine rings is 2. The van der Waals surface area contributed by atoms with Crippen LogP contribution < -0.4 is 54.2 Å². The normalized spacial score (nSPS) is 19.7. The lowest BCUT2D eigenvalue weighted by molar-refractivity contribution is -0.172. The quantitative estimate of drug-likeness (QED) is 0.0136. The van der Waals surface area contributed by atoms with Gasteiger partial charge in [0.25, 0.3) is 5.56 Å². The molecule has 0 spiro atoms. The third-order valence-electron chi connectivity index (χ3n) is 14.5. The molecular formula is C58H65N13O14. The lowest BCUT2D eigenvalue weighted by Gasteiger charge is -2.31. The number of carbonyl (C=O) groups excluding carboxylic acids is 8. The van der Waals surface area contributed by atoms with Crippen molar-refractivity contribution in [2.75, 3.05) is 26.2 Å². The molecule has 1 fully saturated rings. The molecule has 5 aromatic rings. The number of carboxylic acid groups (broad SMARTS) is 1. The number of aliphatic hydroxyl groups is 1. The number of amides is 7. The molecule has 3 aliphatic heterocycles. The third kappa shape index (κ3) is 15.3. The molecule has 446 valence electrons. The van der Waals surface area contributed by atoms with Crippen molar-refractivity contribution in [1.82, 2.24) is 46.8 Å². The molecule has 8 rings (SSSR count). The Morgan fingerprint density at radius 3 is 2.12 bits per heavy atom. The topological polar surface area (TPSA) is 408 Å². The van der Waals surface area contributed by atoms with Gasteiger partial charge in [0.05, 0.1) is 54.7 Å². The Hall–Kier alpha value is -10.1. The van der Waals surface area contributed by atoms with Crippen LogP contribution in [0.5, 0.6) is 0 Å². The Labute approximate surface area is 485 Å². The van der Waals surface area contributed by atoms with Crippen molar-refractivity contribution in [1.29, 1.82) is 0 Å². The number of aliphatic imine (C=N–C) groups is 1. The molecule has 27 heteroatoms. The number of nitrogens with two attached hydrogens (primary N) is 2. The van der Waals surface area contributed by atoms with Crippen molar-refractivity contribution in [3.63, 3.8) is 0 Å². The molecule has 5 atom stereocenters. The highest BCUT2D eigenvalue weighted by Gasteiger charge is 2.46. The Kier molecular flexibility index (Phi) is 20.0. The zero-order chi connectivity index (χ0) is 60.8. The number of hydrogen-bond acceptors (Lipinski definition) is 16.